The van der Waals surface area contributed by atoms with Crippen molar-refractivity contribution >= 4 is 5.97 Å². The van der Waals surface area contributed by atoms with Gasteiger partial charge in [-0.2, -0.15) is 0 Å². The third-order valence-electron chi connectivity index (χ3n) is 4.58. The lowest BCUT2D eigenvalue weighted by Crippen LogP contribution is -2.04. The molecule has 0 radical (unpaired) electrons. The highest BCUT2D eigenvalue weighted by molar-refractivity contribution is 5.65. The molecule has 2 rings (SSSR count). The van der Waals surface area contributed by atoms with E-state index in [9.17, 15) is 4.79 Å². The summed E-state index contributed by atoms with van der Waals surface area (Å²) in [7, 11) is 0. The third kappa shape index (κ3) is 9.90. The summed E-state index contributed by atoms with van der Waals surface area (Å²) >= 11 is 0. The number of benzene rings is 2. The molecule has 0 aliphatic rings. The molecule has 0 heterocycles. The smallest absolute Gasteiger partial charge is 0.302 e. The van der Waals surface area contributed by atoms with Crippen LogP contribution in [0, 0.1) is 0 Å². The van der Waals surface area contributed by atoms with Crippen LogP contribution in [0.4, 0.5) is 0 Å². The van der Waals surface area contributed by atoms with Crippen LogP contribution in [0.15, 0.2) is 48.5 Å². The van der Waals surface area contributed by atoms with E-state index >= 15 is 0 Å². The molecule has 0 fully saturated rings. The van der Waals surface area contributed by atoms with E-state index in [0.29, 0.717) is 19.8 Å². The monoisotopic (exact) mass is 414 g/mol. The number of unbranched alkanes of at least 4 members (excludes halogenated alkanes) is 3. The van der Waals surface area contributed by atoms with Crippen LogP contribution in [-0.2, 0) is 25.6 Å². The molecule has 0 N–H and O–H groups in total. The predicted molar refractivity (Wildman–Crippen MR) is 118 cm³/mol. The van der Waals surface area contributed by atoms with E-state index in [2.05, 4.69) is 43.3 Å². The highest BCUT2D eigenvalue weighted by Gasteiger charge is 2.01. The van der Waals surface area contributed by atoms with E-state index in [-0.39, 0.29) is 12.8 Å². The van der Waals surface area contributed by atoms with Crippen molar-refractivity contribution < 1.29 is 23.7 Å². The number of ether oxygens (including phenoxy) is 4. The maximum Gasteiger partial charge on any atom is 0.302 e. The number of esters is 1. The zero-order chi connectivity index (χ0) is 21.4. The van der Waals surface area contributed by atoms with E-state index in [1.54, 1.807) is 0 Å². The van der Waals surface area contributed by atoms with E-state index < -0.39 is 0 Å². The van der Waals surface area contributed by atoms with Crippen molar-refractivity contribution in [3.05, 3.63) is 54.1 Å². The van der Waals surface area contributed by atoms with Crippen LogP contribution in [0.3, 0.4) is 0 Å². The quantitative estimate of drug-likeness (QED) is 0.211. The molecule has 0 unspecified atom stereocenters. The summed E-state index contributed by atoms with van der Waals surface area (Å²) in [4.78, 5) is 10.6. The van der Waals surface area contributed by atoms with Crippen LogP contribution in [-0.4, -0.2) is 32.6 Å². The first-order chi connectivity index (χ1) is 14.7. The standard InChI is InChI=1S/C25H34O5/c1-3-4-5-18-30-25-14-12-24(13-15-25)23-10-8-22(9-11-23)19-28-20-27-16-6-7-17-29-21(2)26/h8-15H,3-7,16-20H2,1-2H3. The number of rotatable bonds is 15. The average molecular weight is 415 g/mol. The fraction of sp³-hybridized carbons (Fsp3) is 0.480. The Morgan fingerprint density at radius 3 is 2.07 bits per heavy atom. The molecule has 0 saturated carbocycles. The van der Waals surface area contributed by atoms with Crippen molar-refractivity contribution in [1.82, 2.24) is 0 Å². The second-order valence-corrected chi connectivity index (χ2v) is 7.20. The maximum absolute atomic E-state index is 10.6. The molecule has 0 bridgehead atoms. The molecule has 164 valence electrons. The second kappa shape index (κ2) is 14.6. The molecular formula is C25H34O5. The van der Waals surface area contributed by atoms with Gasteiger partial charge < -0.3 is 18.9 Å². The van der Waals surface area contributed by atoms with Gasteiger partial charge in [-0.25, -0.2) is 0 Å². The Bertz CT molecular complexity index is 709. The summed E-state index contributed by atoms with van der Waals surface area (Å²) in [5.41, 5.74) is 3.44. The Morgan fingerprint density at radius 2 is 1.40 bits per heavy atom. The van der Waals surface area contributed by atoms with Crippen LogP contribution in [0.1, 0.15) is 51.5 Å². The number of carbonyl (C=O) groups excluding carboxylic acids is 1. The van der Waals surface area contributed by atoms with Crippen molar-refractivity contribution in [3.8, 4) is 16.9 Å². The molecule has 30 heavy (non-hydrogen) atoms. The van der Waals surface area contributed by atoms with Crippen molar-refractivity contribution in [1.29, 1.82) is 0 Å². The van der Waals surface area contributed by atoms with Gasteiger partial charge in [-0.3, -0.25) is 4.79 Å². The topological polar surface area (TPSA) is 54.0 Å². The van der Waals surface area contributed by atoms with E-state index in [0.717, 1.165) is 37.2 Å². The first-order valence-electron chi connectivity index (χ1n) is 10.8. The summed E-state index contributed by atoms with van der Waals surface area (Å²) in [6, 6.07) is 16.6. The molecule has 0 amide bonds. The van der Waals surface area contributed by atoms with Crippen molar-refractivity contribution in [2.45, 2.75) is 52.6 Å². The van der Waals surface area contributed by atoms with Gasteiger partial charge in [-0.05, 0) is 48.1 Å². The van der Waals surface area contributed by atoms with E-state index in [1.807, 2.05) is 12.1 Å². The zero-order valence-corrected chi connectivity index (χ0v) is 18.2. The maximum atomic E-state index is 10.6. The summed E-state index contributed by atoms with van der Waals surface area (Å²) in [6.45, 7) is 6.20. The van der Waals surface area contributed by atoms with Crippen LogP contribution in [0.5, 0.6) is 5.75 Å². The van der Waals surface area contributed by atoms with Crippen molar-refractivity contribution in [3.63, 3.8) is 0 Å². The molecule has 0 atom stereocenters. The first kappa shape index (κ1) is 23.9. The minimum absolute atomic E-state index is 0.242. The lowest BCUT2D eigenvalue weighted by atomic mass is 10.0. The predicted octanol–water partition coefficient (Wildman–Crippen LogP) is 5.76. The van der Waals surface area contributed by atoms with Crippen LogP contribution in [0.2, 0.25) is 0 Å². The minimum Gasteiger partial charge on any atom is -0.494 e. The van der Waals surface area contributed by atoms with Crippen LogP contribution in [0.25, 0.3) is 11.1 Å². The molecule has 0 aliphatic heterocycles. The molecule has 5 nitrogen and oxygen atoms in total. The van der Waals surface area contributed by atoms with Gasteiger partial charge in [0, 0.05) is 13.5 Å². The molecule has 0 aromatic heterocycles. The summed E-state index contributed by atoms with van der Waals surface area (Å²) in [5.74, 6) is 0.681. The van der Waals surface area contributed by atoms with Crippen LogP contribution < -0.4 is 4.74 Å². The fourth-order valence-electron chi connectivity index (χ4n) is 2.88. The highest BCUT2D eigenvalue weighted by atomic mass is 16.7. The lowest BCUT2D eigenvalue weighted by Gasteiger charge is -2.09. The molecule has 0 aliphatic carbocycles. The summed E-state index contributed by atoms with van der Waals surface area (Å²) in [6.07, 6.45) is 5.15. The Morgan fingerprint density at radius 1 is 0.767 bits per heavy atom. The fourth-order valence-corrected chi connectivity index (χ4v) is 2.88. The number of hydrogen-bond donors (Lipinski definition) is 0. The highest BCUT2D eigenvalue weighted by Crippen LogP contribution is 2.23. The molecule has 0 saturated heterocycles. The molecule has 0 spiro atoms. The molecule has 2 aromatic carbocycles. The first-order valence-corrected chi connectivity index (χ1v) is 10.8. The normalized spacial score (nSPS) is 10.7. The van der Waals surface area contributed by atoms with Crippen molar-refractivity contribution in [2.75, 3.05) is 26.6 Å². The molecular weight excluding hydrogens is 380 g/mol. The van der Waals surface area contributed by atoms with Gasteiger partial charge in [-0.15, -0.1) is 0 Å². The Kier molecular flexibility index (Phi) is 11.6. The minimum atomic E-state index is -0.242. The largest absolute Gasteiger partial charge is 0.494 e. The molecule has 2 aromatic rings. The zero-order valence-electron chi connectivity index (χ0n) is 18.2. The number of hydrogen-bond acceptors (Lipinski definition) is 5. The van der Waals surface area contributed by atoms with Gasteiger partial charge in [-0.1, -0.05) is 56.2 Å². The Labute approximate surface area is 180 Å². The van der Waals surface area contributed by atoms with Crippen molar-refractivity contribution in [2.24, 2.45) is 0 Å². The summed E-state index contributed by atoms with van der Waals surface area (Å²) < 4.78 is 21.6. The van der Waals surface area contributed by atoms with Crippen LogP contribution >= 0.6 is 0 Å². The second-order valence-electron chi connectivity index (χ2n) is 7.20. The Hall–Kier alpha value is -2.37. The van der Waals surface area contributed by atoms with Gasteiger partial charge >= 0.3 is 5.97 Å². The summed E-state index contributed by atoms with van der Waals surface area (Å²) in [5, 5.41) is 0. The van der Waals surface area contributed by atoms with Gasteiger partial charge in [0.2, 0.25) is 0 Å². The van der Waals surface area contributed by atoms with Gasteiger partial charge in [0.05, 0.1) is 19.8 Å². The van der Waals surface area contributed by atoms with Gasteiger partial charge in [0.1, 0.15) is 12.5 Å². The third-order valence-corrected chi connectivity index (χ3v) is 4.58. The number of carbonyl (C=O) groups is 1. The SMILES string of the molecule is CCCCCOc1ccc(-c2ccc(COCOCCCCOC(C)=O)cc2)cc1. The lowest BCUT2D eigenvalue weighted by molar-refractivity contribution is -0.141. The van der Waals surface area contributed by atoms with Gasteiger partial charge in [0.15, 0.2) is 0 Å². The van der Waals surface area contributed by atoms with E-state index in [1.165, 1.54) is 30.9 Å². The van der Waals surface area contributed by atoms with Gasteiger partial charge in [0.25, 0.3) is 0 Å². The average Bonchev–Trinajstić information content (AvgIpc) is 2.76. The molecule has 5 heteroatoms. The van der Waals surface area contributed by atoms with E-state index in [4.69, 9.17) is 18.9 Å². The Balaban J connectivity index is 1.63.